The molecule has 84 valence electrons. The zero-order valence-corrected chi connectivity index (χ0v) is 9.46. The highest BCUT2D eigenvalue weighted by Gasteiger charge is 2.38. The third-order valence-electron chi connectivity index (χ3n) is 2.37. The van der Waals surface area contributed by atoms with Gasteiger partial charge in [0.15, 0.2) is 0 Å². The minimum atomic E-state index is -0.686. The van der Waals surface area contributed by atoms with Crippen molar-refractivity contribution in [2.45, 2.75) is 33.2 Å². The fourth-order valence-corrected chi connectivity index (χ4v) is 1.24. The van der Waals surface area contributed by atoms with Crippen molar-refractivity contribution in [2.75, 3.05) is 7.05 Å². The van der Waals surface area contributed by atoms with Gasteiger partial charge in [-0.25, -0.2) is 0 Å². The monoisotopic (exact) mass is 212 g/mol. The molecule has 5 heteroatoms. The fourth-order valence-electron chi connectivity index (χ4n) is 1.24. The Hall–Kier alpha value is -1.39. The molecule has 0 spiro atoms. The van der Waals surface area contributed by atoms with Crippen molar-refractivity contribution in [3.63, 3.8) is 0 Å². The van der Waals surface area contributed by atoms with Crippen LogP contribution in [0.15, 0.2) is 0 Å². The molecular weight excluding hydrogens is 196 g/mol. The Labute approximate surface area is 88.8 Å². The quantitative estimate of drug-likeness (QED) is 0.617. The van der Waals surface area contributed by atoms with E-state index in [1.165, 1.54) is 7.05 Å². The third-order valence-corrected chi connectivity index (χ3v) is 2.37. The maximum Gasteiger partial charge on any atom is 0.252 e. The van der Waals surface area contributed by atoms with E-state index in [0.29, 0.717) is 0 Å². The number of carbonyl (C=O) groups excluding carboxylic acids is 3. The fraction of sp³-hybridized carbons (Fsp3) is 0.700. The molecule has 0 unspecified atom stereocenters. The molecule has 1 aliphatic heterocycles. The van der Waals surface area contributed by atoms with Gasteiger partial charge in [-0.2, -0.15) is 0 Å². The van der Waals surface area contributed by atoms with Gasteiger partial charge in [-0.05, 0) is 0 Å². The van der Waals surface area contributed by atoms with E-state index in [1.807, 2.05) is 0 Å². The third kappa shape index (κ3) is 2.34. The van der Waals surface area contributed by atoms with Gasteiger partial charge in [-0.3, -0.25) is 19.3 Å². The summed E-state index contributed by atoms with van der Waals surface area (Å²) < 4.78 is 0. The van der Waals surface area contributed by atoms with E-state index < -0.39 is 11.5 Å². The van der Waals surface area contributed by atoms with Crippen LogP contribution in [-0.4, -0.2) is 35.7 Å². The first-order valence-corrected chi connectivity index (χ1v) is 4.85. The zero-order valence-electron chi connectivity index (χ0n) is 9.46. The minimum Gasteiger partial charge on any atom is -0.343 e. The first kappa shape index (κ1) is 11.7. The van der Waals surface area contributed by atoms with Crippen molar-refractivity contribution in [1.29, 1.82) is 0 Å². The van der Waals surface area contributed by atoms with Gasteiger partial charge in [0.1, 0.15) is 6.04 Å². The number of imide groups is 1. The lowest BCUT2D eigenvalue weighted by molar-refractivity contribution is -0.139. The van der Waals surface area contributed by atoms with Crippen molar-refractivity contribution in [2.24, 2.45) is 5.41 Å². The first-order valence-electron chi connectivity index (χ1n) is 4.85. The van der Waals surface area contributed by atoms with Gasteiger partial charge in [-0.1, -0.05) is 20.8 Å². The summed E-state index contributed by atoms with van der Waals surface area (Å²) >= 11 is 0. The second-order valence-electron chi connectivity index (χ2n) is 4.77. The second-order valence-corrected chi connectivity index (χ2v) is 4.77. The van der Waals surface area contributed by atoms with Crippen molar-refractivity contribution >= 4 is 17.7 Å². The number of likely N-dealkylation sites (tertiary alicyclic amines) is 1. The predicted octanol–water partition coefficient (Wildman–Crippen LogP) is -0.0940. The molecule has 1 saturated heterocycles. The molecule has 0 aromatic heterocycles. The predicted molar refractivity (Wildman–Crippen MR) is 53.8 cm³/mol. The van der Waals surface area contributed by atoms with Gasteiger partial charge < -0.3 is 5.32 Å². The highest BCUT2D eigenvalue weighted by Crippen LogP contribution is 2.16. The Kier molecular flexibility index (Phi) is 2.83. The number of nitrogens with one attached hydrogen (secondary N) is 1. The van der Waals surface area contributed by atoms with E-state index >= 15 is 0 Å². The average molecular weight is 212 g/mol. The van der Waals surface area contributed by atoms with Crippen molar-refractivity contribution in [3.05, 3.63) is 0 Å². The van der Waals surface area contributed by atoms with Crippen LogP contribution in [0.3, 0.4) is 0 Å². The number of carbonyl (C=O) groups is 3. The maximum absolute atomic E-state index is 11.6. The molecule has 0 radical (unpaired) electrons. The van der Waals surface area contributed by atoms with E-state index in [1.54, 1.807) is 20.8 Å². The molecule has 1 fully saturated rings. The summed E-state index contributed by atoms with van der Waals surface area (Å²) in [5.74, 6) is -0.805. The molecule has 1 N–H and O–H groups in total. The molecule has 0 saturated carbocycles. The summed E-state index contributed by atoms with van der Waals surface area (Å²) in [5.41, 5.74) is -0.551. The number of hydrogen-bond acceptors (Lipinski definition) is 3. The lowest BCUT2D eigenvalue weighted by Crippen LogP contribution is -2.45. The number of nitrogens with zero attached hydrogens (tertiary/aromatic N) is 1. The van der Waals surface area contributed by atoms with Crippen LogP contribution in [0, 0.1) is 5.41 Å². The highest BCUT2D eigenvalue weighted by molar-refractivity contribution is 6.06. The molecule has 0 bridgehead atoms. The zero-order chi connectivity index (χ0) is 11.8. The van der Waals surface area contributed by atoms with Gasteiger partial charge in [0.2, 0.25) is 11.8 Å². The van der Waals surface area contributed by atoms with Gasteiger partial charge in [0.25, 0.3) is 5.91 Å². The van der Waals surface area contributed by atoms with Crippen LogP contribution in [0.4, 0.5) is 0 Å². The number of likely N-dealkylation sites (N-methyl/N-ethyl adjacent to an activating group) is 1. The molecule has 0 aromatic rings. The summed E-state index contributed by atoms with van der Waals surface area (Å²) in [5, 5.41) is 2.58. The Morgan fingerprint density at radius 3 is 2.27 bits per heavy atom. The largest absolute Gasteiger partial charge is 0.343 e. The summed E-state index contributed by atoms with van der Waals surface area (Å²) in [4.78, 5) is 35.3. The number of amides is 3. The molecule has 1 rings (SSSR count). The topological polar surface area (TPSA) is 66.5 Å². The smallest absolute Gasteiger partial charge is 0.252 e. The van der Waals surface area contributed by atoms with Crippen LogP contribution in [0.25, 0.3) is 0 Å². The van der Waals surface area contributed by atoms with Crippen LogP contribution in [0.2, 0.25) is 0 Å². The number of hydrogen-bond donors (Lipinski definition) is 1. The molecule has 3 amide bonds. The summed E-state index contributed by atoms with van der Waals surface area (Å²) in [6.45, 7) is 5.27. The van der Waals surface area contributed by atoms with E-state index in [4.69, 9.17) is 0 Å². The summed E-state index contributed by atoms with van der Waals surface area (Å²) in [6.07, 6.45) is 0.0666. The van der Waals surface area contributed by atoms with Crippen LogP contribution in [0.1, 0.15) is 27.2 Å². The van der Waals surface area contributed by atoms with E-state index in [9.17, 15) is 14.4 Å². The molecule has 0 aromatic carbocycles. The normalized spacial score (nSPS) is 22.1. The Morgan fingerprint density at radius 1 is 1.40 bits per heavy atom. The van der Waals surface area contributed by atoms with Gasteiger partial charge in [-0.15, -0.1) is 0 Å². The first-order chi connectivity index (χ1) is 6.73. The van der Waals surface area contributed by atoms with Crippen LogP contribution in [-0.2, 0) is 14.4 Å². The van der Waals surface area contributed by atoms with Gasteiger partial charge in [0.05, 0.1) is 6.42 Å². The maximum atomic E-state index is 11.6. The van der Waals surface area contributed by atoms with E-state index in [0.717, 1.165) is 4.90 Å². The SMILES string of the molecule is CN1C(=O)C[C@H](NC(=O)C(C)(C)C)C1=O. The van der Waals surface area contributed by atoms with Crippen LogP contribution in [0.5, 0.6) is 0 Å². The molecule has 5 nitrogen and oxygen atoms in total. The second kappa shape index (κ2) is 3.64. The van der Waals surface area contributed by atoms with Gasteiger partial charge in [0, 0.05) is 12.5 Å². The molecule has 1 aliphatic rings. The molecule has 0 aliphatic carbocycles. The number of rotatable bonds is 1. The van der Waals surface area contributed by atoms with E-state index in [-0.39, 0.29) is 24.1 Å². The average Bonchev–Trinajstić information content (AvgIpc) is 2.32. The standard InChI is InChI=1S/C10H16N2O3/c1-10(2,3)9(15)11-6-5-7(13)12(4)8(6)14/h6H,5H2,1-4H3,(H,11,15)/t6-/m0/s1. The molecule has 1 atom stereocenters. The van der Waals surface area contributed by atoms with Gasteiger partial charge >= 0.3 is 0 Å². The van der Waals surface area contributed by atoms with Crippen molar-refractivity contribution in [3.8, 4) is 0 Å². The van der Waals surface area contributed by atoms with Crippen molar-refractivity contribution in [1.82, 2.24) is 10.2 Å². The lowest BCUT2D eigenvalue weighted by atomic mass is 9.95. The minimum absolute atomic E-state index is 0.0666. The molecule has 15 heavy (non-hydrogen) atoms. The van der Waals surface area contributed by atoms with Crippen LogP contribution >= 0.6 is 0 Å². The van der Waals surface area contributed by atoms with E-state index in [2.05, 4.69) is 5.32 Å². The highest BCUT2D eigenvalue weighted by atomic mass is 16.2. The van der Waals surface area contributed by atoms with Crippen molar-refractivity contribution < 1.29 is 14.4 Å². The Bertz CT molecular complexity index is 317. The molecule has 1 heterocycles. The Morgan fingerprint density at radius 2 is 1.93 bits per heavy atom. The lowest BCUT2D eigenvalue weighted by Gasteiger charge is -2.20. The molecular formula is C10H16N2O3. The summed E-state index contributed by atoms with van der Waals surface area (Å²) in [6, 6.07) is -0.686. The summed E-state index contributed by atoms with van der Waals surface area (Å²) in [7, 11) is 1.42. The van der Waals surface area contributed by atoms with Crippen LogP contribution < -0.4 is 5.32 Å². The Balaban J connectivity index is 2.66.